The minimum Gasteiger partial charge on any atom is -0.383 e. The van der Waals surface area contributed by atoms with Gasteiger partial charge in [-0.25, -0.2) is 8.42 Å². The molecule has 1 aromatic carbocycles. The number of fused-ring (bicyclic) bond motifs is 1. The second-order valence-corrected chi connectivity index (χ2v) is 7.56. The first kappa shape index (κ1) is 16.8. The van der Waals surface area contributed by atoms with Crippen molar-refractivity contribution in [1.29, 1.82) is 0 Å². The number of carbonyl (C=O) groups is 1. The first-order valence-corrected chi connectivity index (χ1v) is 8.97. The van der Waals surface area contributed by atoms with E-state index in [0.717, 1.165) is 5.56 Å². The summed E-state index contributed by atoms with van der Waals surface area (Å²) in [5.41, 5.74) is 2.13. The van der Waals surface area contributed by atoms with E-state index in [9.17, 15) is 13.2 Å². The molecule has 122 valence electrons. The average molecular weight is 326 g/mol. The highest BCUT2D eigenvalue weighted by molar-refractivity contribution is 7.92. The lowest BCUT2D eigenvalue weighted by atomic mass is 10.1. The number of sulfonamides is 1. The van der Waals surface area contributed by atoms with Crippen molar-refractivity contribution in [3.05, 3.63) is 29.3 Å². The first-order valence-electron chi connectivity index (χ1n) is 7.12. The summed E-state index contributed by atoms with van der Waals surface area (Å²) in [4.78, 5) is 14.1. The largest absolute Gasteiger partial charge is 0.383 e. The maximum absolute atomic E-state index is 12.5. The highest BCUT2D eigenvalue weighted by Gasteiger charge is 2.27. The predicted octanol–water partition coefficient (Wildman–Crippen LogP) is 1.12. The van der Waals surface area contributed by atoms with Crippen LogP contribution < -0.4 is 4.31 Å². The molecule has 1 aliphatic rings. The molecule has 1 aromatic rings. The number of methoxy groups -OCH3 is 1. The quantitative estimate of drug-likeness (QED) is 0.813. The molecule has 1 atom stereocenters. The molecule has 0 fully saturated rings. The van der Waals surface area contributed by atoms with Gasteiger partial charge in [0.15, 0.2) is 0 Å². The molecule has 0 aromatic heterocycles. The fraction of sp³-hybridized carbons (Fsp3) is 0.533. The van der Waals surface area contributed by atoms with Crippen LogP contribution in [0.15, 0.2) is 18.2 Å². The Morgan fingerprint density at radius 1 is 1.45 bits per heavy atom. The van der Waals surface area contributed by atoms with Crippen LogP contribution in [-0.2, 0) is 21.2 Å². The molecule has 1 heterocycles. The lowest BCUT2D eigenvalue weighted by Crippen LogP contribution is -2.37. The van der Waals surface area contributed by atoms with E-state index in [-0.39, 0.29) is 11.9 Å². The molecule has 0 saturated carbocycles. The van der Waals surface area contributed by atoms with Crippen molar-refractivity contribution >= 4 is 21.6 Å². The van der Waals surface area contributed by atoms with Crippen LogP contribution >= 0.6 is 0 Å². The van der Waals surface area contributed by atoms with E-state index in [1.54, 1.807) is 37.3 Å². The molecule has 0 N–H and O–H groups in total. The zero-order valence-corrected chi connectivity index (χ0v) is 14.2. The van der Waals surface area contributed by atoms with E-state index in [1.807, 2.05) is 6.92 Å². The first-order chi connectivity index (χ1) is 10.3. The molecule has 0 saturated heterocycles. The van der Waals surface area contributed by atoms with Crippen LogP contribution in [-0.4, -0.2) is 58.8 Å². The van der Waals surface area contributed by atoms with Gasteiger partial charge in [0.1, 0.15) is 0 Å². The molecule has 1 aliphatic heterocycles. The van der Waals surface area contributed by atoms with Crippen molar-refractivity contribution in [3.8, 4) is 0 Å². The fourth-order valence-electron chi connectivity index (χ4n) is 2.61. The minimum absolute atomic E-state index is 0.0294. The molecule has 6 nitrogen and oxygen atoms in total. The average Bonchev–Trinajstić information content (AvgIpc) is 2.88. The molecular formula is C15H22N2O4S. The van der Waals surface area contributed by atoms with Crippen LogP contribution in [0.5, 0.6) is 0 Å². The van der Waals surface area contributed by atoms with Gasteiger partial charge in [-0.05, 0) is 37.1 Å². The van der Waals surface area contributed by atoms with Crippen LogP contribution in [0.4, 0.5) is 5.69 Å². The van der Waals surface area contributed by atoms with Crippen LogP contribution in [0.1, 0.15) is 22.8 Å². The molecule has 7 heteroatoms. The van der Waals surface area contributed by atoms with Gasteiger partial charge in [-0.2, -0.15) is 0 Å². The molecule has 0 aliphatic carbocycles. The Morgan fingerprint density at radius 3 is 2.73 bits per heavy atom. The number of rotatable bonds is 5. The van der Waals surface area contributed by atoms with E-state index in [4.69, 9.17) is 4.74 Å². The van der Waals surface area contributed by atoms with Crippen LogP contribution in [0.2, 0.25) is 0 Å². The molecule has 0 radical (unpaired) electrons. The van der Waals surface area contributed by atoms with Gasteiger partial charge in [-0.1, -0.05) is 0 Å². The van der Waals surface area contributed by atoms with Crippen LogP contribution in [0, 0.1) is 0 Å². The number of benzene rings is 1. The van der Waals surface area contributed by atoms with Gasteiger partial charge in [0.25, 0.3) is 5.91 Å². The third kappa shape index (κ3) is 3.25. The normalized spacial score (nSPS) is 15.5. The number of ether oxygens (including phenoxy) is 1. The van der Waals surface area contributed by atoms with Gasteiger partial charge in [-0.3, -0.25) is 9.10 Å². The molecular weight excluding hydrogens is 304 g/mol. The van der Waals surface area contributed by atoms with Gasteiger partial charge < -0.3 is 9.64 Å². The summed E-state index contributed by atoms with van der Waals surface area (Å²) in [6.45, 7) is 2.82. The minimum atomic E-state index is -3.26. The molecule has 2 rings (SSSR count). The van der Waals surface area contributed by atoms with Crippen molar-refractivity contribution in [2.45, 2.75) is 19.4 Å². The van der Waals surface area contributed by atoms with Crippen molar-refractivity contribution in [3.63, 3.8) is 0 Å². The lowest BCUT2D eigenvalue weighted by Gasteiger charge is -2.24. The summed E-state index contributed by atoms with van der Waals surface area (Å²) in [5.74, 6) is -0.0924. The molecule has 22 heavy (non-hydrogen) atoms. The van der Waals surface area contributed by atoms with Crippen molar-refractivity contribution in [1.82, 2.24) is 4.90 Å². The summed E-state index contributed by atoms with van der Waals surface area (Å²) in [6.07, 6.45) is 1.82. The second-order valence-electron chi connectivity index (χ2n) is 5.65. The summed E-state index contributed by atoms with van der Waals surface area (Å²) >= 11 is 0. The number of carbonyl (C=O) groups excluding carboxylic acids is 1. The Morgan fingerprint density at radius 2 is 2.14 bits per heavy atom. The number of hydrogen-bond donors (Lipinski definition) is 0. The third-order valence-electron chi connectivity index (χ3n) is 3.97. The molecule has 1 amide bonds. The van der Waals surface area contributed by atoms with E-state index in [2.05, 4.69) is 0 Å². The Hall–Kier alpha value is -1.60. The summed E-state index contributed by atoms with van der Waals surface area (Å²) in [6, 6.07) is 5.16. The zero-order chi connectivity index (χ0) is 16.5. The highest BCUT2D eigenvalue weighted by atomic mass is 32.2. The smallest absolute Gasteiger partial charge is 0.253 e. The monoisotopic (exact) mass is 326 g/mol. The van der Waals surface area contributed by atoms with Crippen LogP contribution in [0.25, 0.3) is 0 Å². The van der Waals surface area contributed by atoms with E-state index in [1.165, 1.54) is 10.6 Å². The number of likely N-dealkylation sites (N-methyl/N-ethyl adjacent to an activating group) is 1. The van der Waals surface area contributed by atoms with Crippen molar-refractivity contribution in [2.75, 3.05) is 37.9 Å². The number of anilines is 1. The van der Waals surface area contributed by atoms with E-state index in [0.29, 0.717) is 30.8 Å². The molecule has 0 spiro atoms. The standard InChI is InChI=1S/C15H22N2O4S/c1-11(10-21-3)16(2)15(18)13-5-6-14-12(9-13)7-8-17(14)22(4,19)20/h5-6,9,11H,7-8,10H2,1-4H3/t11-/m0/s1. The van der Waals surface area contributed by atoms with Gasteiger partial charge >= 0.3 is 0 Å². The van der Waals surface area contributed by atoms with Gasteiger partial charge in [0, 0.05) is 26.3 Å². The topological polar surface area (TPSA) is 66.9 Å². The van der Waals surface area contributed by atoms with Gasteiger partial charge in [-0.15, -0.1) is 0 Å². The SMILES string of the molecule is COC[C@H](C)N(C)C(=O)c1ccc2c(c1)CCN2S(C)(=O)=O. The third-order valence-corrected chi connectivity index (χ3v) is 5.15. The van der Waals surface area contributed by atoms with Crippen molar-refractivity contribution in [2.24, 2.45) is 0 Å². The number of amides is 1. The van der Waals surface area contributed by atoms with Gasteiger partial charge in [0.2, 0.25) is 10.0 Å². The van der Waals surface area contributed by atoms with Gasteiger partial charge in [0.05, 0.1) is 24.6 Å². The summed E-state index contributed by atoms with van der Waals surface area (Å²) < 4.78 is 29.9. The van der Waals surface area contributed by atoms with Crippen LogP contribution in [0.3, 0.4) is 0 Å². The summed E-state index contributed by atoms with van der Waals surface area (Å²) in [5, 5.41) is 0. The summed E-state index contributed by atoms with van der Waals surface area (Å²) in [7, 11) is 0.0746. The second kappa shape index (κ2) is 6.26. The Bertz CT molecular complexity index is 672. The number of hydrogen-bond acceptors (Lipinski definition) is 4. The molecule has 0 unspecified atom stereocenters. The predicted molar refractivity (Wildman–Crippen MR) is 85.8 cm³/mol. The zero-order valence-electron chi connectivity index (χ0n) is 13.4. The Labute approximate surface area is 131 Å². The maximum atomic E-state index is 12.5. The Kier molecular flexibility index (Phi) is 4.77. The van der Waals surface area contributed by atoms with E-state index >= 15 is 0 Å². The Balaban J connectivity index is 2.24. The maximum Gasteiger partial charge on any atom is 0.253 e. The van der Waals surface area contributed by atoms with Crippen molar-refractivity contribution < 1.29 is 17.9 Å². The highest BCUT2D eigenvalue weighted by Crippen LogP contribution is 2.31. The van der Waals surface area contributed by atoms with E-state index < -0.39 is 10.0 Å². The fourth-order valence-corrected chi connectivity index (χ4v) is 3.56. The number of nitrogens with zero attached hydrogens (tertiary/aromatic N) is 2. The lowest BCUT2D eigenvalue weighted by molar-refractivity contribution is 0.0633. The molecule has 0 bridgehead atoms.